The van der Waals surface area contributed by atoms with Crippen LogP contribution in [0.25, 0.3) is 0 Å². The SMILES string of the molecule is CCC(=O)CN1CCCCC1CC. The van der Waals surface area contributed by atoms with Crippen LogP contribution in [0.1, 0.15) is 46.0 Å². The van der Waals surface area contributed by atoms with Crippen LogP contribution in [0.3, 0.4) is 0 Å². The Kier molecular flexibility index (Phi) is 4.43. The summed E-state index contributed by atoms with van der Waals surface area (Å²) in [5, 5.41) is 0. The summed E-state index contributed by atoms with van der Waals surface area (Å²) in [6.07, 6.45) is 5.78. The van der Waals surface area contributed by atoms with Crippen LogP contribution in [-0.4, -0.2) is 29.8 Å². The fraction of sp³-hybridized carbons (Fsp3) is 0.909. The predicted octanol–water partition coefficient (Wildman–Crippen LogP) is 2.23. The maximum absolute atomic E-state index is 11.3. The second kappa shape index (κ2) is 5.38. The van der Waals surface area contributed by atoms with E-state index in [1.165, 1.54) is 25.7 Å². The van der Waals surface area contributed by atoms with Gasteiger partial charge < -0.3 is 0 Å². The van der Waals surface area contributed by atoms with Gasteiger partial charge >= 0.3 is 0 Å². The van der Waals surface area contributed by atoms with Gasteiger partial charge in [-0.2, -0.15) is 0 Å². The smallest absolute Gasteiger partial charge is 0.146 e. The van der Waals surface area contributed by atoms with Crippen molar-refractivity contribution in [3.8, 4) is 0 Å². The summed E-state index contributed by atoms with van der Waals surface area (Å²) in [6, 6.07) is 0.671. The molecule has 0 spiro atoms. The monoisotopic (exact) mass is 183 g/mol. The Morgan fingerprint density at radius 3 is 2.77 bits per heavy atom. The van der Waals surface area contributed by atoms with Crippen molar-refractivity contribution in [3.05, 3.63) is 0 Å². The van der Waals surface area contributed by atoms with Gasteiger partial charge in [0.25, 0.3) is 0 Å². The van der Waals surface area contributed by atoms with Crippen molar-refractivity contribution in [2.75, 3.05) is 13.1 Å². The van der Waals surface area contributed by atoms with E-state index in [-0.39, 0.29) is 0 Å². The average Bonchev–Trinajstić information content (AvgIpc) is 2.18. The molecular weight excluding hydrogens is 162 g/mol. The van der Waals surface area contributed by atoms with Crippen LogP contribution in [0.2, 0.25) is 0 Å². The van der Waals surface area contributed by atoms with Gasteiger partial charge in [-0.15, -0.1) is 0 Å². The minimum absolute atomic E-state index is 0.389. The molecule has 0 aromatic carbocycles. The molecule has 1 fully saturated rings. The molecule has 0 saturated carbocycles. The molecule has 13 heavy (non-hydrogen) atoms. The molecule has 2 nitrogen and oxygen atoms in total. The molecule has 0 amide bonds. The third-order valence-corrected chi connectivity index (χ3v) is 2.99. The van der Waals surface area contributed by atoms with Crippen molar-refractivity contribution in [3.63, 3.8) is 0 Å². The van der Waals surface area contributed by atoms with E-state index in [9.17, 15) is 4.79 Å². The largest absolute Gasteiger partial charge is 0.298 e. The lowest BCUT2D eigenvalue weighted by Gasteiger charge is -2.34. The fourth-order valence-corrected chi connectivity index (χ4v) is 2.07. The van der Waals surface area contributed by atoms with Crippen LogP contribution in [0.4, 0.5) is 0 Å². The first-order chi connectivity index (χ1) is 6.27. The summed E-state index contributed by atoms with van der Waals surface area (Å²) >= 11 is 0. The van der Waals surface area contributed by atoms with Crippen LogP contribution in [0, 0.1) is 0 Å². The van der Waals surface area contributed by atoms with Gasteiger partial charge in [-0.3, -0.25) is 9.69 Å². The zero-order chi connectivity index (χ0) is 9.68. The number of piperidine rings is 1. The van der Waals surface area contributed by atoms with Crippen molar-refractivity contribution >= 4 is 5.78 Å². The molecule has 1 atom stereocenters. The Morgan fingerprint density at radius 2 is 2.15 bits per heavy atom. The molecule has 0 aromatic rings. The Labute approximate surface area is 81.3 Å². The van der Waals surface area contributed by atoms with Crippen LogP contribution in [-0.2, 0) is 4.79 Å². The number of hydrogen-bond acceptors (Lipinski definition) is 2. The molecule has 0 bridgehead atoms. The van der Waals surface area contributed by atoms with Crippen LogP contribution in [0.5, 0.6) is 0 Å². The van der Waals surface area contributed by atoms with Gasteiger partial charge in [0, 0.05) is 12.5 Å². The number of nitrogens with zero attached hydrogens (tertiary/aromatic N) is 1. The highest BCUT2D eigenvalue weighted by Crippen LogP contribution is 2.18. The molecule has 0 radical (unpaired) electrons. The van der Waals surface area contributed by atoms with Crippen molar-refractivity contribution in [2.24, 2.45) is 0 Å². The molecule has 76 valence electrons. The first kappa shape index (κ1) is 10.7. The molecule has 1 rings (SSSR count). The fourth-order valence-electron chi connectivity index (χ4n) is 2.07. The van der Waals surface area contributed by atoms with Gasteiger partial charge in [0.05, 0.1) is 6.54 Å². The van der Waals surface area contributed by atoms with Crippen molar-refractivity contribution in [1.82, 2.24) is 4.90 Å². The standard InChI is InChI=1S/C11H21NO/c1-3-10-7-5-6-8-12(10)9-11(13)4-2/h10H,3-9H2,1-2H3. The van der Waals surface area contributed by atoms with E-state index in [1.54, 1.807) is 0 Å². The quantitative estimate of drug-likeness (QED) is 0.666. The first-order valence-corrected chi connectivity index (χ1v) is 5.53. The number of Topliss-reactive ketones (excluding diaryl/α,β-unsaturated/α-hetero) is 1. The molecule has 0 aliphatic carbocycles. The summed E-state index contributed by atoms with van der Waals surface area (Å²) in [4.78, 5) is 13.7. The van der Waals surface area contributed by atoms with Gasteiger partial charge in [-0.1, -0.05) is 20.3 Å². The van der Waals surface area contributed by atoms with Crippen LogP contribution >= 0.6 is 0 Å². The highest BCUT2D eigenvalue weighted by Gasteiger charge is 2.21. The highest BCUT2D eigenvalue weighted by molar-refractivity contribution is 5.80. The molecular formula is C11H21NO. The van der Waals surface area contributed by atoms with E-state index >= 15 is 0 Å². The maximum atomic E-state index is 11.3. The molecule has 1 aliphatic heterocycles. The molecule has 0 aromatic heterocycles. The van der Waals surface area contributed by atoms with Crippen LogP contribution < -0.4 is 0 Å². The Balaban J connectivity index is 2.40. The summed E-state index contributed by atoms with van der Waals surface area (Å²) in [5.41, 5.74) is 0. The minimum Gasteiger partial charge on any atom is -0.298 e. The van der Waals surface area contributed by atoms with Crippen molar-refractivity contribution < 1.29 is 4.79 Å². The van der Waals surface area contributed by atoms with Crippen molar-refractivity contribution in [1.29, 1.82) is 0 Å². The maximum Gasteiger partial charge on any atom is 0.146 e. The molecule has 2 heteroatoms. The van der Waals surface area contributed by atoms with E-state index in [4.69, 9.17) is 0 Å². The second-order valence-corrected chi connectivity index (χ2v) is 3.92. The zero-order valence-electron chi connectivity index (χ0n) is 8.88. The lowest BCUT2D eigenvalue weighted by atomic mass is 9.99. The normalized spacial score (nSPS) is 24.6. The number of carbonyl (C=O) groups excluding carboxylic acids is 1. The Bertz CT molecular complexity index is 167. The van der Waals surface area contributed by atoms with E-state index in [0.29, 0.717) is 24.8 Å². The number of likely N-dealkylation sites (tertiary alicyclic amines) is 1. The zero-order valence-corrected chi connectivity index (χ0v) is 8.88. The van der Waals surface area contributed by atoms with Crippen molar-refractivity contribution in [2.45, 2.75) is 52.0 Å². The number of ketones is 1. The second-order valence-electron chi connectivity index (χ2n) is 3.92. The van der Waals surface area contributed by atoms with Gasteiger partial charge in [-0.25, -0.2) is 0 Å². The van der Waals surface area contributed by atoms with Gasteiger partial charge in [0.1, 0.15) is 5.78 Å². The van der Waals surface area contributed by atoms with E-state index < -0.39 is 0 Å². The lowest BCUT2D eigenvalue weighted by molar-refractivity contribution is -0.120. The summed E-state index contributed by atoms with van der Waals surface area (Å²) in [5.74, 6) is 0.389. The van der Waals surface area contributed by atoms with Gasteiger partial charge in [-0.05, 0) is 25.8 Å². The summed E-state index contributed by atoms with van der Waals surface area (Å²) in [6.45, 7) is 5.99. The summed E-state index contributed by atoms with van der Waals surface area (Å²) in [7, 11) is 0. The Hall–Kier alpha value is -0.370. The molecule has 0 N–H and O–H groups in total. The van der Waals surface area contributed by atoms with Gasteiger partial charge in [0.15, 0.2) is 0 Å². The Morgan fingerprint density at radius 1 is 1.38 bits per heavy atom. The summed E-state index contributed by atoms with van der Waals surface area (Å²) < 4.78 is 0. The minimum atomic E-state index is 0.389. The average molecular weight is 183 g/mol. The number of rotatable bonds is 4. The van der Waals surface area contributed by atoms with E-state index in [2.05, 4.69) is 11.8 Å². The van der Waals surface area contributed by atoms with E-state index in [1.807, 2.05) is 6.92 Å². The number of hydrogen-bond donors (Lipinski definition) is 0. The van der Waals surface area contributed by atoms with Crippen LogP contribution in [0.15, 0.2) is 0 Å². The predicted molar refractivity (Wildman–Crippen MR) is 54.8 cm³/mol. The lowest BCUT2D eigenvalue weighted by Crippen LogP contribution is -2.42. The molecule has 1 unspecified atom stereocenters. The topological polar surface area (TPSA) is 20.3 Å². The highest BCUT2D eigenvalue weighted by atomic mass is 16.1. The molecule has 1 aliphatic rings. The molecule has 1 saturated heterocycles. The number of carbonyl (C=O) groups is 1. The molecule has 1 heterocycles. The third kappa shape index (κ3) is 3.11. The van der Waals surface area contributed by atoms with E-state index in [0.717, 1.165) is 6.54 Å². The first-order valence-electron chi connectivity index (χ1n) is 5.53. The third-order valence-electron chi connectivity index (χ3n) is 2.99. The van der Waals surface area contributed by atoms with Gasteiger partial charge in [0.2, 0.25) is 0 Å².